The molecule has 0 atom stereocenters. The summed E-state index contributed by atoms with van der Waals surface area (Å²) in [4.78, 5) is 9.86. The number of nitrogens with two attached hydrogens (primary N) is 1. The maximum Gasteiger partial charge on any atom is 0.163 e. The molecule has 0 saturated carbocycles. The summed E-state index contributed by atoms with van der Waals surface area (Å²) in [6.07, 6.45) is 5.45. The average molecular weight is 275 g/mol. The number of rotatable bonds is 3. The number of nitrogen functional groups attached to an aromatic ring is 1. The van der Waals surface area contributed by atoms with E-state index in [-0.39, 0.29) is 0 Å². The molecule has 98 valence electrons. The number of thioether (sulfide) groups is 1. The first-order chi connectivity index (χ1) is 9.13. The highest BCUT2D eigenvalue weighted by Crippen LogP contribution is 2.23. The molecule has 3 rings (SSSR count). The summed E-state index contributed by atoms with van der Waals surface area (Å²) in [5, 5.41) is 9.04. The van der Waals surface area contributed by atoms with E-state index in [4.69, 9.17) is 5.73 Å². The van der Waals surface area contributed by atoms with Crippen LogP contribution in [0.4, 0.5) is 5.82 Å². The molecule has 19 heavy (non-hydrogen) atoms. The van der Waals surface area contributed by atoms with Crippen molar-refractivity contribution in [2.45, 2.75) is 10.6 Å². The van der Waals surface area contributed by atoms with E-state index in [9.17, 15) is 0 Å². The van der Waals surface area contributed by atoms with Crippen molar-refractivity contribution < 1.29 is 0 Å². The van der Waals surface area contributed by atoms with Crippen LogP contribution >= 0.6 is 11.8 Å². The lowest BCUT2D eigenvalue weighted by molar-refractivity contribution is 0.766. The third-order valence-electron chi connectivity index (χ3n) is 2.72. The minimum atomic E-state index is 0.472. The van der Waals surface area contributed by atoms with E-state index >= 15 is 0 Å². The minimum Gasteiger partial charge on any atom is -0.383 e. The first kappa shape index (κ1) is 12.0. The summed E-state index contributed by atoms with van der Waals surface area (Å²) in [7, 11) is 3.73. The second-order valence-corrected chi connectivity index (χ2v) is 5.22. The number of fused-ring (bicyclic) bond motifs is 1. The van der Waals surface area contributed by atoms with Crippen LogP contribution in [0, 0.1) is 0 Å². The van der Waals surface area contributed by atoms with Gasteiger partial charge in [-0.05, 0) is 0 Å². The third kappa shape index (κ3) is 2.26. The molecule has 0 amide bonds. The van der Waals surface area contributed by atoms with Gasteiger partial charge in [-0.1, -0.05) is 0 Å². The Bertz CT molecular complexity index is 730. The fourth-order valence-electron chi connectivity index (χ4n) is 1.78. The summed E-state index contributed by atoms with van der Waals surface area (Å²) in [6.45, 7) is 0. The van der Waals surface area contributed by atoms with Crippen molar-refractivity contribution in [1.29, 1.82) is 0 Å². The Morgan fingerprint density at radius 3 is 2.79 bits per heavy atom. The van der Waals surface area contributed by atoms with Crippen molar-refractivity contribution in [1.82, 2.24) is 29.5 Å². The van der Waals surface area contributed by atoms with Gasteiger partial charge in [-0.15, -0.1) is 11.8 Å². The van der Waals surface area contributed by atoms with Crippen LogP contribution in [0.5, 0.6) is 0 Å². The van der Waals surface area contributed by atoms with Gasteiger partial charge in [0.25, 0.3) is 0 Å². The molecule has 3 heterocycles. The highest BCUT2D eigenvalue weighted by atomic mass is 32.2. The summed E-state index contributed by atoms with van der Waals surface area (Å²) >= 11 is 1.63. The molecule has 0 bridgehead atoms. The van der Waals surface area contributed by atoms with E-state index in [1.165, 1.54) is 0 Å². The first-order valence-corrected chi connectivity index (χ1v) is 6.67. The fraction of sp³-hybridized carbons (Fsp3) is 0.273. The molecule has 0 radical (unpaired) electrons. The maximum atomic E-state index is 5.91. The largest absolute Gasteiger partial charge is 0.383 e. The molecule has 0 saturated heterocycles. The fourth-order valence-corrected chi connectivity index (χ4v) is 2.55. The molecule has 2 N–H and O–H groups in total. The van der Waals surface area contributed by atoms with Gasteiger partial charge in [0.1, 0.15) is 11.6 Å². The molecule has 0 fully saturated rings. The molecule has 3 aromatic rings. The second-order valence-electron chi connectivity index (χ2n) is 4.17. The van der Waals surface area contributed by atoms with Crippen LogP contribution in [0.3, 0.4) is 0 Å². The van der Waals surface area contributed by atoms with Gasteiger partial charge in [0.05, 0.1) is 23.5 Å². The SMILES string of the molecule is Cn1cc(SCc2nc(N)c3cnn(C)c3n2)cn1. The highest BCUT2D eigenvalue weighted by molar-refractivity contribution is 7.98. The van der Waals surface area contributed by atoms with Crippen LogP contribution in [0.1, 0.15) is 5.82 Å². The van der Waals surface area contributed by atoms with Crippen LogP contribution in [0.2, 0.25) is 0 Å². The number of hydrogen-bond acceptors (Lipinski definition) is 6. The second kappa shape index (κ2) is 4.54. The molecule has 7 nitrogen and oxygen atoms in total. The van der Waals surface area contributed by atoms with Crippen molar-refractivity contribution >= 4 is 28.6 Å². The Balaban J connectivity index is 1.86. The van der Waals surface area contributed by atoms with E-state index in [1.54, 1.807) is 27.3 Å². The minimum absolute atomic E-state index is 0.472. The Hall–Kier alpha value is -2.09. The zero-order valence-corrected chi connectivity index (χ0v) is 11.4. The van der Waals surface area contributed by atoms with Crippen LogP contribution in [-0.2, 0) is 19.8 Å². The van der Waals surface area contributed by atoms with E-state index in [1.807, 2.05) is 26.5 Å². The summed E-state index contributed by atoms with van der Waals surface area (Å²) in [5.41, 5.74) is 6.67. The lowest BCUT2D eigenvalue weighted by Gasteiger charge is -2.02. The maximum absolute atomic E-state index is 5.91. The number of aryl methyl sites for hydroxylation is 2. The molecule has 8 heteroatoms. The third-order valence-corrected chi connectivity index (χ3v) is 3.66. The molecular weight excluding hydrogens is 262 g/mol. The number of anilines is 1. The monoisotopic (exact) mass is 275 g/mol. The lowest BCUT2D eigenvalue weighted by atomic mass is 10.4. The highest BCUT2D eigenvalue weighted by Gasteiger charge is 2.09. The molecule has 0 aliphatic rings. The van der Waals surface area contributed by atoms with Gasteiger partial charge in [-0.2, -0.15) is 10.2 Å². The van der Waals surface area contributed by atoms with E-state index in [0.717, 1.165) is 15.9 Å². The van der Waals surface area contributed by atoms with Gasteiger partial charge in [0.15, 0.2) is 5.65 Å². The first-order valence-electron chi connectivity index (χ1n) is 5.69. The van der Waals surface area contributed by atoms with E-state index in [0.29, 0.717) is 17.4 Å². The molecule has 3 aromatic heterocycles. The summed E-state index contributed by atoms with van der Waals surface area (Å²) in [6, 6.07) is 0. The molecule has 0 aliphatic carbocycles. The number of aromatic nitrogens is 6. The average Bonchev–Trinajstić information content (AvgIpc) is 2.95. The topological polar surface area (TPSA) is 87.4 Å². The van der Waals surface area contributed by atoms with Crippen molar-refractivity contribution in [2.75, 3.05) is 5.73 Å². The molecule has 0 aliphatic heterocycles. The molecule has 0 aromatic carbocycles. The Morgan fingerprint density at radius 2 is 2.05 bits per heavy atom. The molecular formula is C11H13N7S. The van der Waals surface area contributed by atoms with Crippen LogP contribution in [0.15, 0.2) is 23.5 Å². The summed E-state index contributed by atoms with van der Waals surface area (Å²) < 4.78 is 3.47. The van der Waals surface area contributed by atoms with Crippen LogP contribution < -0.4 is 5.73 Å². The van der Waals surface area contributed by atoms with Gasteiger partial charge < -0.3 is 5.73 Å². The zero-order valence-electron chi connectivity index (χ0n) is 10.6. The standard InChI is InChI=1S/C11H13N7S/c1-17-5-7(3-13-17)19-6-9-15-10(12)8-4-14-18(2)11(8)16-9/h3-5H,6H2,1-2H3,(H2,12,15,16). The summed E-state index contributed by atoms with van der Waals surface area (Å²) in [5.74, 6) is 1.82. The molecule has 0 spiro atoms. The van der Waals surface area contributed by atoms with Gasteiger partial charge >= 0.3 is 0 Å². The number of hydrogen-bond donors (Lipinski definition) is 1. The predicted octanol–water partition coefficient (Wildman–Crippen LogP) is 0.971. The normalized spacial score (nSPS) is 11.3. The van der Waals surface area contributed by atoms with E-state index in [2.05, 4.69) is 20.2 Å². The van der Waals surface area contributed by atoms with Crippen LogP contribution in [-0.4, -0.2) is 29.5 Å². The Morgan fingerprint density at radius 1 is 1.21 bits per heavy atom. The van der Waals surface area contributed by atoms with Gasteiger partial charge in [-0.25, -0.2) is 9.97 Å². The number of nitrogens with zero attached hydrogens (tertiary/aromatic N) is 6. The van der Waals surface area contributed by atoms with Crippen molar-refractivity contribution in [3.8, 4) is 0 Å². The lowest BCUT2D eigenvalue weighted by Crippen LogP contribution is -2.01. The van der Waals surface area contributed by atoms with Gasteiger partial charge in [0, 0.05) is 25.2 Å². The van der Waals surface area contributed by atoms with Crippen molar-refractivity contribution in [2.24, 2.45) is 14.1 Å². The Labute approximate surface area is 113 Å². The quantitative estimate of drug-likeness (QED) is 0.717. The zero-order chi connectivity index (χ0) is 13.4. The smallest absolute Gasteiger partial charge is 0.163 e. The van der Waals surface area contributed by atoms with Crippen LogP contribution in [0.25, 0.3) is 11.0 Å². The predicted molar refractivity (Wildman–Crippen MR) is 73.5 cm³/mol. The van der Waals surface area contributed by atoms with Gasteiger partial charge in [-0.3, -0.25) is 9.36 Å². The Kier molecular flexibility index (Phi) is 2.86. The van der Waals surface area contributed by atoms with E-state index < -0.39 is 0 Å². The van der Waals surface area contributed by atoms with Crippen molar-refractivity contribution in [3.63, 3.8) is 0 Å². The van der Waals surface area contributed by atoms with Gasteiger partial charge in [0.2, 0.25) is 0 Å². The molecule has 0 unspecified atom stereocenters. The van der Waals surface area contributed by atoms with Crippen molar-refractivity contribution in [3.05, 3.63) is 24.4 Å².